The highest BCUT2D eigenvalue weighted by Gasteiger charge is 2.29. The van der Waals surface area contributed by atoms with E-state index >= 15 is 0 Å². The Morgan fingerprint density at radius 1 is 1.35 bits per heavy atom. The summed E-state index contributed by atoms with van der Waals surface area (Å²) < 4.78 is 5.47. The summed E-state index contributed by atoms with van der Waals surface area (Å²) in [5.74, 6) is 0.309. The normalized spacial score (nSPS) is 37.2. The number of aliphatic hydroxyl groups is 1. The number of likely N-dealkylation sites (N-methyl/N-ethyl adjacent to an activating group) is 1. The zero-order valence-electron chi connectivity index (χ0n) is 11.1. The first-order chi connectivity index (χ1) is 8.20. The second kappa shape index (κ2) is 6.14. The van der Waals surface area contributed by atoms with E-state index in [1.54, 1.807) is 0 Å². The lowest BCUT2D eigenvalue weighted by Gasteiger charge is -2.41. The number of aliphatic hydroxyl groups excluding tert-OH is 1. The third-order valence-electron chi connectivity index (χ3n) is 4.18. The van der Waals surface area contributed by atoms with Crippen molar-refractivity contribution < 1.29 is 9.84 Å². The Bertz CT molecular complexity index is 237. The van der Waals surface area contributed by atoms with Crippen LogP contribution in [0.4, 0.5) is 0 Å². The minimum atomic E-state index is -0.164. The van der Waals surface area contributed by atoms with Gasteiger partial charge < -0.3 is 14.7 Å². The molecule has 0 bridgehead atoms. The Balaban J connectivity index is 1.79. The molecule has 0 aliphatic carbocycles. The molecule has 2 aliphatic rings. The molecule has 0 aromatic carbocycles. The lowest BCUT2D eigenvalue weighted by molar-refractivity contribution is -0.0530. The first-order valence-corrected chi connectivity index (χ1v) is 6.93. The van der Waals surface area contributed by atoms with Gasteiger partial charge in [0.05, 0.1) is 12.7 Å². The van der Waals surface area contributed by atoms with E-state index in [4.69, 9.17) is 4.74 Å². The largest absolute Gasteiger partial charge is 0.393 e. The Morgan fingerprint density at radius 3 is 2.82 bits per heavy atom. The third kappa shape index (κ3) is 3.41. The Hall–Kier alpha value is -0.160. The molecule has 2 aliphatic heterocycles. The van der Waals surface area contributed by atoms with Crippen LogP contribution in [0.1, 0.15) is 20.3 Å². The maximum atomic E-state index is 9.95. The molecule has 0 aromatic heterocycles. The van der Waals surface area contributed by atoms with Gasteiger partial charge in [-0.3, -0.25) is 4.90 Å². The van der Waals surface area contributed by atoms with Crippen LogP contribution in [0.5, 0.6) is 0 Å². The van der Waals surface area contributed by atoms with Gasteiger partial charge >= 0.3 is 0 Å². The van der Waals surface area contributed by atoms with E-state index < -0.39 is 0 Å². The maximum absolute atomic E-state index is 9.95. The monoisotopic (exact) mass is 242 g/mol. The smallest absolute Gasteiger partial charge is 0.0624 e. The van der Waals surface area contributed by atoms with Gasteiger partial charge in [0.25, 0.3) is 0 Å². The summed E-state index contributed by atoms with van der Waals surface area (Å²) >= 11 is 0. The predicted octanol–water partition coefficient (Wildman–Crippen LogP) is 0.410. The van der Waals surface area contributed by atoms with Crippen molar-refractivity contribution in [2.24, 2.45) is 5.92 Å². The molecule has 100 valence electrons. The molecule has 3 unspecified atom stereocenters. The van der Waals surface area contributed by atoms with Gasteiger partial charge in [-0.1, -0.05) is 6.92 Å². The van der Waals surface area contributed by atoms with Crippen molar-refractivity contribution in [2.45, 2.75) is 32.4 Å². The first-order valence-electron chi connectivity index (χ1n) is 6.93. The molecular weight excluding hydrogens is 216 g/mol. The van der Waals surface area contributed by atoms with E-state index in [0.29, 0.717) is 12.0 Å². The van der Waals surface area contributed by atoms with Crippen molar-refractivity contribution in [3.05, 3.63) is 0 Å². The van der Waals surface area contributed by atoms with Crippen LogP contribution in [0.2, 0.25) is 0 Å². The van der Waals surface area contributed by atoms with Crippen molar-refractivity contribution >= 4 is 0 Å². The standard InChI is InChI=1S/C13H26N2O2/c1-3-15-6-5-14(8-11(15)2)9-12-10-17-7-4-13(12)16/h11-13,16H,3-10H2,1-2H3. The SMILES string of the molecule is CCN1CCN(CC2COCCC2O)CC1C. The first kappa shape index (κ1) is 13.3. The van der Waals surface area contributed by atoms with Crippen LogP contribution < -0.4 is 0 Å². The lowest BCUT2D eigenvalue weighted by atomic mass is 9.97. The predicted molar refractivity (Wildman–Crippen MR) is 68.1 cm³/mol. The van der Waals surface area contributed by atoms with Crippen LogP contribution in [-0.4, -0.2) is 73.0 Å². The van der Waals surface area contributed by atoms with Crippen LogP contribution in [-0.2, 0) is 4.74 Å². The molecule has 17 heavy (non-hydrogen) atoms. The molecule has 2 rings (SSSR count). The van der Waals surface area contributed by atoms with E-state index in [1.807, 2.05) is 0 Å². The van der Waals surface area contributed by atoms with E-state index in [2.05, 4.69) is 23.6 Å². The van der Waals surface area contributed by atoms with Gasteiger partial charge in [0.1, 0.15) is 0 Å². The maximum Gasteiger partial charge on any atom is 0.0624 e. The molecule has 4 heteroatoms. The minimum absolute atomic E-state index is 0.164. The summed E-state index contributed by atoms with van der Waals surface area (Å²) in [5, 5.41) is 9.95. The lowest BCUT2D eigenvalue weighted by Crippen LogP contribution is -2.54. The van der Waals surface area contributed by atoms with Gasteiger partial charge in [-0.15, -0.1) is 0 Å². The van der Waals surface area contributed by atoms with Gasteiger partial charge in [0.2, 0.25) is 0 Å². The van der Waals surface area contributed by atoms with E-state index in [1.165, 1.54) is 0 Å². The van der Waals surface area contributed by atoms with E-state index in [0.717, 1.165) is 52.4 Å². The Morgan fingerprint density at radius 2 is 2.18 bits per heavy atom. The van der Waals surface area contributed by atoms with Crippen LogP contribution in [0, 0.1) is 5.92 Å². The van der Waals surface area contributed by atoms with Crippen LogP contribution >= 0.6 is 0 Å². The number of hydrogen-bond acceptors (Lipinski definition) is 4. The zero-order chi connectivity index (χ0) is 12.3. The average molecular weight is 242 g/mol. The summed E-state index contributed by atoms with van der Waals surface area (Å²) in [4.78, 5) is 5.00. The molecule has 0 amide bonds. The molecule has 0 aromatic rings. The van der Waals surface area contributed by atoms with Gasteiger partial charge in [0, 0.05) is 44.7 Å². The molecule has 2 saturated heterocycles. The molecule has 4 nitrogen and oxygen atoms in total. The van der Waals surface area contributed by atoms with E-state index in [9.17, 15) is 5.11 Å². The Kier molecular flexibility index (Phi) is 4.79. The number of nitrogens with zero attached hydrogens (tertiary/aromatic N) is 2. The van der Waals surface area contributed by atoms with E-state index in [-0.39, 0.29) is 6.10 Å². The molecule has 3 atom stereocenters. The van der Waals surface area contributed by atoms with Gasteiger partial charge in [-0.25, -0.2) is 0 Å². The summed E-state index contributed by atoms with van der Waals surface area (Å²) in [6, 6.07) is 0.635. The van der Waals surface area contributed by atoms with Crippen molar-refractivity contribution in [1.29, 1.82) is 0 Å². The highest BCUT2D eigenvalue weighted by atomic mass is 16.5. The fraction of sp³-hybridized carbons (Fsp3) is 1.00. The fourth-order valence-electron chi connectivity index (χ4n) is 3.00. The molecule has 0 spiro atoms. The summed E-state index contributed by atoms with van der Waals surface area (Å²) in [7, 11) is 0. The number of rotatable bonds is 3. The molecule has 0 radical (unpaired) electrons. The van der Waals surface area contributed by atoms with Gasteiger partial charge in [0.15, 0.2) is 0 Å². The Labute approximate surface area is 105 Å². The topological polar surface area (TPSA) is 35.9 Å². The molecular formula is C13H26N2O2. The van der Waals surface area contributed by atoms with Crippen LogP contribution in [0.25, 0.3) is 0 Å². The van der Waals surface area contributed by atoms with Gasteiger partial charge in [-0.05, 0) is 19.9 Å². The second-order valence-corrected chi connectivity index (χ2v) is 5.43. The van der Waals surface area contributed by atoms with Crippen molar-refractivity contribution in [3.8, 4) is 0 Å². The molecule has 1 N–H and O–H groups in total. The highest BCUT2D eigenvalue weighted by molar-refractivity contribution is 4.82. The number of ether oxygens (including phenoxy) is 1. The fourth-order valence-corrected chi connectivity index (χ4v) is 3.00. The van der Waals surface area contributed by atoms with Crippen molar-refractivity contribution in [3.63, 3.8) is 0 Å². The average Bonchev–Trinajstić information content (AvgIpc) is 2.32. The second-order valence-electron chi connectivity index (χ2n) is 5.43. The summed E-state index contributed by atoms with van der Waals surface area (Å²) in [6.45, 7) is 11.5. The zero-order valence-corrected chi connectivity index (χ0v) is 11.1. The van der Waals surface area contributed by atoms with Crippen molar-refractivity contribution in [1.82, 2.24) is 9.80 Å². The number of hydrogen-bond donors (Lipinski definition) is 1. The quantitative estimate of drug-likeness (QED) is 0.777. The minimum Gasteiger partial charge on any atom is -0.393 e. The van der Waals surface area contributed by atoms with Crippen LogP contribution in [0.15, 0.2) is 0 Å². The third-order valence-corrected chi connectivity index (χ3v) is 4.18. The number of piperazine rings is 1. The molecule has 2 heterocycles. The summed E-state index contributed by atoms with van der Waals surface area (Å²) in [6.07, 6.45) is 0.637. The van der Waals surface area contributed by atoms with Crippen molar-refractivity contribution in [2.75, 3.05) is 45.9 Å². The molecule has 0 saturated carbocycles. The summed E-state index contributed by atoms with van der Waals surface area (Å²) in [5.41, 5.74) is 0. The van der Waals surface area contributed by atoms with Gasteiger partial charge in [-0.2, -0.15) is 0 Å². The van der Waals surface area contributed by atoms with Crippen LogP contribution in [0.3, 0.4) is 0 Å². The highest BCUT2D eigenvalue weighted by Crippen LogP contribution is 2.18. The molecule has 2 fully saturated rings.